The zero-order valence-electron chi connectivity index (χ0n) is 12.8. The molecule has 0 bridgehead atoms. The molecule has 1 aliphatic rings. The summed E-state index contributed by atoms with van der Waals surface area (Å²) in [5, 5.41) is 2.60. The first kappa shape index (κ1) is 16.7. The molecule has 2 rings (SSSR count). The number of rotatable bonds is 6. The number of hydrogen-bond donors (Lipinski definition) is 3. The highest BCUT2D eigenvalue weighted by atomic mass is 32.2. The summed E-state index contributed by atoms with van der Waals surface area (Å²) in [6.07, 6.45) is 1.67. The number of amides is 1. The zero-order chi connectivity index (χ0) is 16.5. The van der Waals surface area contributed by atoms with Gasteiger partial charge >= 0.3 is 0 Å². The standard InChI is InChI=1S/C14H21N3O4S/c1-14(2,15)13(18)16-10-6-7-11(21-3)12(8-10)22(19,20)17-9-4-5-9/h6-9,17H,4-5,15H2,1-3H3,(H,16,18). The van der Waals surface area contributed by atoms with Crippen LogP contribution in [-0.2, 0) is 14.8 Å². The van der Waals surface area contributed by atoms with Crippen LogP contribution in [0.5, 0.6) is 5.75 Å². The van der Waals surface area contributed by atoms with Gasteiger partial charge in [0, 0.05) is 11.7 Å². The van der Waals surface area contributed by atoms with Crippen LogP contribution < -0.4 is 20.5 Å². The van der Waals surface area contributed by atoms with E-state index in [2.05, 4.69) is 10.0 Å². The van der Waals surface area contributed by atoms with E-state index >= 15 is 0 Å². The molecular formula is C14H21N3O4S. The highest BCUT2D eigenvalue weighted by Gasteiger charge is 2.30. The minimum absolute atomic E-state index is 0.00507. The Labute approximate surface area is 130 Å². The minimum atomic E-state index is -3.69. The molecule has 0 radical (unpaired) electrons. The van der Waals surface area contributed by atoms with Crippen molar-refractivity contribution in [2.45, 2.75) is 43.2 Å². The van der Waals surface area contributed by atoms with Gasteiger partial charge in [-0.15, -0.1) is 0 Å². The van der Waals surface area contributed by atoms with Crippen molar-refractivity contribution < 1.29 is 17.9 Å². The van der Waals surface area contributed by atoms with Gasteiger partial charge in [0.05, 0.1) is 12.6 Å². The molecule has 1 aliphatic carbocycles. The van der Waals surface area contributed by atoms with Gasteiger partial charge < -0.3 is 15.8 Å². The molecule has 0 aliphatic heterocycles. The fourth-order valence-corrected chi connectivity index (χ4v) is 3.24. The van der Waals surface area contributed by atoms with Gasteiger partial charge in [-0.05, 0) is 44.9 Å². The van der Waals surface area contributed by atoms with E-state index in [1.807, 2.05) is 0 Å². The van der Waals surface area contributed by atoms with Crippen LogP contribution in [0.1, 0.15) is 26.7 Å². The van der Waals surface area contributed by atoms with Crippen LogP contribution in [0.25, 0.3) is 0 Å². The lowest BCUT2D eigenvalue weighted by molar-refractivity contribution is -0.120. The van der Waals surface area contributed by atoms with Crippen molar-refractivity contribution in [2.24, 2.45) is 5.73 Å². The van der Waals surface area contributed by atoms with Crippen molar-refractivity contribution in [1.82, 2.24) is 4.72 Å². The zero-order valence-corrected chi connectivity index (χ0v) is 13.7. The third-order valence-electron chi connectivity index (χ3n) is 3.20. The van der Waals surface area contributed by atoms with Crippen molar-refractivity contribution in [3.63, 3.8) is 0 Å². The average Bonchev–Trinajstić information content (AvgIpc) is 3.20. The lowest BCUT2D eigenvalue weighted by Crippen LogP contribution is -2.45. The minimum Gasteiger partial charge on any atom is -0.495 e. The fourth-order valence-electron chi connectivity index (χ4n) is 1.74. The number of anilines is 1. The molecule has 0 atom stereocenters. The second-order valence-corrected chi connectivity index (χ2v) is 7.62. The number of nitrogens with two attached hydrogens (primary N) is 1. The summed E-state index contributed by atoms with van der Waals surface area (Å²) < 4.78 is 32.4. The summed E-state index contributed by atoms with van der Waals surface area (Å²) in [5.41, 5.74) is 5.00. The first-order chi connectivity index (χ1) is 10.1. The van der Waals surface area contributed by atoms with Crippen molar-refractivity contribution in [3.8, 4) is 5.75 Å². The summed E-state index contributed by atoms with van der Waals surface area (Å²) >= 11 is 0. The van der Waals surface area contributed by atoms with E-state index in [1.165, 1.54) is 19.2 Å². The quantitative estimate of drug-likeness (QED) is 0.716. The van der Waals surface area contributed by atoms with Gasteiger partial charge in [0.25, 0.3) is 0 Å². The number of carbonyl (C=O) groups excluding carboxylic acids is 1. The molecule has 7 nitrogen and oxygen atoms in total. The topological polar surface area (TPSA) is 111 Å². The lowest BCUT2D eigenvalue weighted by atomic mass is 10.1. The Kier molecular flexibility index (Phi) is 4.46. The largest absolute Gasteiger partial charge is 0.495 e. The van der Waals surface area contributed by atoms with E-state index in [-0.39, 0.29) is 16.7 Å². The summed E-state index contributed by atoms with van der Waals surface area (Å²) in [5.74, 6) is -0.186. The summed E-state index contributed by atoms with van der Waals surface area (Å²) in [6, 6.07) is 4.42. The Bertz CT molecular complexity index is 676. The van der Waals surface area contributed by atoms with Gasteiger partial charge in [0.2, 0.25) is 15.9 Å². The number of benzene rings is 1. The number of sulfonamides is 1. The molecule has 0 heterocycles. The van der Waals surface area contributed by atoms with E-state index in [0.717, 1.165) is 12.8 Å². The molecule has 22 heavy (non-hydrogen) atoms. The highest BCUT2D eigenvalue weighted by molar-refractivity contribution is 7.89. The number of methoxy groups -OCH3 is 1. The van der Waals surface area contributed by atoms with Gasteiger partial charge in [-0.2, -0.15) is 0 Å². The smallest absolute Gasteiger partial charge is 0.244 e. The molecule has 1 aromatic carbocycles. The first-order valence-corrected chi connectivity index (χ1v) is 8.42. The maximum Gasteiger partial charge on any atom is 0.244 e. The molecule has 0 spiro atoms. The molecule has 4 N–H and O–H groups in total. The molecular weight excluding hydrogens is 306 g/mol. The summed E-state index contributed by atoms with van der Waals surface area (Å²) in [6.45, 7) is 3.14. The van der Waals surface area contributed by atoms with E-state index in [1.54, 1.807) is 19.9 Å². The van der Waals surface area contributed by atoms with Crippen molar-refractivity contribution in [3.05, 3.63) is 18.2 Å². The van der Waals surface area contributed by atoms with Crippen molar-refractivity contribution in [1.29, 1.82) is 0 Å². The summed E-state index contributed by atoms with van der Waals surface area (Å²) in [7, 11) is -2.30. The Morgan fingerprint density at radius 1 is 1.36 bits per heavy atom. The number of ether oxygens (including phenoxy) is 1. The van der Waals surface area contributed by atoms with E-state index in [0.29, 0.717) is 5.69 Å². The summed E-state index contributed by atoms with van der Waals surface area (Å²) in [4.78, 5) is 11.9. The Morgan fingerprint density at radius 2 is 2.00 bits per heavy atom. The van der Waals surface area contributed by atoms with Crippen molar-refractivity contribution in [2.75, 3.05) is 12.4 Å². The van der Waals surface area contributed by atoms with Crippen LogP contribution in [0, 0.1) is 0 Å². The second kappa shape index (κ2) is 5.86. The van der Waals surface area contributed by atoms with E-state index in [4.69, 9.17) is 10.5 Å². The predicted molar refractivity (Wildman–Crippen MR) is 83.2 cm³/mol. The van der Waals surface area contributed by atoms with Crippen LogP contribution in [0.4, 0.5) is 5.69 Å². The Morgan fingerprint density at radius 3 is 2.50 bits per heavy atom. The molecule has 1 saturated carbocycles. The first-order valence-electron chi connectivity index (χ1n) is 6.94. The monoisotopic (exact) mass is 327 g/mol. The number of carbonyl (C=O) groups is 1. The third-order valence-corrected chi connectivity index (χ3v) is 4.74. The van der Waals surface area contributed by atoms with E-state index < -0.39 is 21.5 Å². The van der Waals surface area contributed by atoms with Crippen molar-refractivity contribution >= 4 is 21.6 Å². The molecule has 1 fully saturated rings. The Hall–Kier alpha value is -1.64. The van der Waals surface area contributed by atoms with Crippen LogP contribution in [0.15, 0.2) is 23.1 Å². The molecule has 8 heteroatoms. The highest BCUT2D eigenvalue weighted by Crippen LogP contribution is 2.29. The van der Waals surface area contributed by atoms with Crippen LogP contribution in [0.3, 0.4) is 0 Å². The molecule has 1 amide bonds. The second-order valence-electron chi connectivity index (χ2n) is 5.94. The van der Waals surface area contributed by atoms with Gasteiger partial charge in [-0.1, -0.05) is 0 Å². The third kappa shape index (κ3) is 3.96. The fraction of sp³-hybridized carbons (Fsp3) is 0.500. The Balaban J connectivity index is 2.32. The molecule has 0 aromatic heterocycles. The van der Waals surface area contributed by atoms with Gasteiger partial charge in [0.15, 0.2) is 0 Å². The molecule has 0 unspecified atom stereocenters. The molecule has 122 valence electrons. The average molecular weight is 327 g/mol. The maximum atomic E-state index is 12.4. The predicted octanol–water partition coefficient (Wildman–Crippen LogP) is 0.812. The van der Waals surface area contributed by atoms with Gasteiger partial charge in [-0.3, -0.25) is 4.79 Å². The van der Waals surface area contributed by atoms with Crippen LogP contribution in [-0.4, -0.2) is 33.0 Å². The van der Waals surface area contributed by atoms with Gasteiger partial charge in [-0.25, -0.2) is 13.1 Å². The number of hydrogen-bond acceptors (Lipinski definition) is 5. The molecule has 0 saturated heterocycles. The maximum absolute atomic E-state index is 12.4. The van der Waals surface area contributed by atoms with E-state index in [9.17, 15) is 13.2 Å². The SMILES string of the molecule is COc1ccc(NC(=O)C(C)(C)N)cc1S(=O)(=O)NC1CC1. The molecule has 1 aromatic rings. The van der Waals surface area contributed by atoms with Crippen LogP contribution >= 0.6 is 0 Å². The van der Waals surface area contributed by atoms with Gasteiger partial charge in [0.1, 0.15) is 10.6 Å². The lowest BCUT2D eigenvalue weighted by Gasteiger charge is -2.18. The normalized spacial score (nSPS) is 15.5. The number of nitrogens with one attached hydrogen (secondary N) is 2. The van der Waals surface area contributed by atoms with Crippen LogP contribution in [0.2, 0.25) is 0 Å².